The van der Waals surface area contributed by atoms with Gasteiger partial charge in [-0.05, 0) is 35.1 Å². The van der Waals surface area contributed by atoms with Gasteiger partial charge in [0, 0.05) is 12.7 Å². The van der Waals surface area contributed by atoms with Gasteiger partial charge < -0.3 is 14.6 Å². The molecule has 0 radical (unpaired) electrons. The van der Waals surface area contributed by atoms with E-state index in [1.54, 1.807) is 12.3 Å². The molecular formula is C14H19BrN4O2. The quantitative estimate of drug-likeness (QED) is 0.830. The highest BCUT2D eigenvalue weighted by Gasteiger charge is 2.13. The minimum absolute atomic E-state index is 0.223. The number of likely N-dealkylation sites (N-methyl/N-ethyl adjacent to an activating group) is 1. The van der Waals surface area contributed by atoms with Crippen molar-refractivity contribution < 1.29 is 9.21 Å². The van der Waals surface area contributed by atoms with Crippen LogP contribution in [0.1, 0.15) is 24.2 Å². The molecule has 2 heterocycles. The number of anilines is 1. The number of carbonyl (C=O) groups excluding carboxylic acids is 1. The number of amides is 1. The number of rotatable bonds is 7. The van der Waals surface area contributed by atoms with Crippen molar-refractivity contribution >= 4 is 27.5 Å². The lowest BCUT2D eigenvalue weighted by Gasteiger charge is -2.17. The minimum atomic E-state index is -0.223. The number of furan rings is 1. The average Bonchev–Trinajstić information content (AvgIpc) is 3.09. The average molecular weight is 355 g/mol. The van der Waals surface area contributed by atoms with Gasteiger partial charge in [0.2, 0.25) is 0 Å². The van der Waals surface area contributed by atoms with Gasteiger partial charge in [0.25, 0.3) is 5.91 Å². The van der Waals surface area contributed by atoms with E-state index in [-0.39, 0.29) is 5.91 Å². The van der Waals surface area contributed by atoms with E-state index in [1.165, 1.54) is 6.26 Å². The number of hydrogen-bond donors (Lipinski definition) is 1. The van der Waals surface area contributed by atoms with Gasteiger partial charge in [-0.15, -0.1) is 0 Å². The fraction of sp³-hybridized carbons (Fsp3) is 0.429. The molecule has 0 fully saturated rings. The summed E-state index contributed by atoms with van der Waals surface area (Å²) >= 11 is 3.19. The van der Waals surface area contributed by atoms with Gasteiger partial charge >= 0.3 is 0 Å². The van der Waals surface area contributed by atoms with Crippen LogP contribution in [0.25, 0.3) is 0 Å². The molecule has 6 nitrogen and oxygen atoms in total. The predicted octanol–water partition coefficient (Wildman–Crippen LogP) is 2.83. The van der Waals surface area contributed by atoms with Gasteiger partial charge in [-0.1, -0.05) is 13.8 Å². The molecule has 2 aromatic heterocycles. The van der Waals surface area contributed by atoms with Crippen molar-refractivity contribution in [1.82, 2.24) is 14.7 Å². The zero-order chi connectivity index (χ0) is 15.2. The van der Waals surface area contributed by atoms with Crippen LogP contribution in [0, 0.1) is 0 Å². The van der Waals surface area contributed by atoms with Crippen LogP contribution >= 0.6 is 15.9 Å². The van der Waals surface area contributed by atoms with Gasteiger partial charge in [0.1, 0.15) is 0 Å². The molecule has 1 amide bonds. The Labute approximate surface area is 132 Å². The Kier molecular flexibility index (Phi) is 5.58. The Balaban J connectivity index is 1.91. The van der Waals surface area contributed by atoms with Crippen LogP contribution < -0.4 is 5.32 Å². The molecule has 7 heteroatoms. The topological polar surface area (TPSA) is 63.3 Å². The van der Waals surface area contributed by atoms with Gasteiger partial charge in [-0.25, -0.2) is 0 Å². The summed E-state index contributed by atoms with van der Waals surface area (Å²) in [6.07, 6.45) is 4.94. The van der Waals surface area contributed by atoms with Crippen molar-refractivity contribution in [3.8, 4) is 0 Å². The summed E-state index contributed by atoms with van der Waals surface area (Å²) in [6.45, 7) is 8.07. The zero-order valence-electron chi connectivity index (χ0n) is 12.2. The highest BCUT2D eigenvalue weighted by Crippen LogP contribution is 2.19. The van der Waals surface area contributed by atoms with E-state index in [9.17, 15) is 4.79 Å². The smallest absolute Gasteiger partial charge is 0.260 e. The van der Waals surface area contributed by atoms with E-state index < -0.39 is 0 Å². The van der Waals surface area contributed by atoms with E-state index in [4.69, 9.17) is 4.42 Å². The number of halogens is 1. The van der Waals surface area contributed by atoms with Crippen LogP contribution in [0.15, 0.2) is 33.8 Å². The van der Waals surface area contributed by atoms with Crippen molar-refractivity contribution in [2.45, 2.75) is 20.4 Å². The fourth-order valence-corrected chi connectivity index (χ4v) is 2.41. The Hall–Kier alpha value is -1.60. The Morgan fingerprint density at radius 1 is 1.48 bits per heavy atom. The number of aromatic nitrogens is 2. The lowest BCUT2D eigenvalue weighted by Crippen LogP contribution is -2.27. The summed E-state index contributed by atoms with van der Waals surface area (Å²) in [6, 6.07) is 1.62. The fourth-order valence-electron chi connectivity index (χ4n) is 1.99. The van der Waals surface area contributed by atoms with E-state index in [1.807, 2.05) is 10.9 Å². The van der Waals surface area contributed by atoms with Crippen LogP contribution in [0.5, 0.6) is 0 Å². The van der Waals surface area contributed by atoms with Crippen LogP contribution in [0.3, 0.4) is 0 Å². The lowest BCUT2D eigenvalue weighted by atomic mass is 10.3. The second-order valence-electron chi connectivity index (χ2n) is 4.58. The third kappa shape index (κ3) is 4.18. The maximum atomic E-state index is 12.0. The highest BCUT2D eigenvalue weighted by atomic mass is 79.9. The summed E-state index contributed by atoms with van der Waals surface area (Å²) in [4.78, 5) is 14.3. The van der Waals surface area contributed by atoms with Crippen LogP contribution in [-0.2, 0) is 6.54 Å². The van der Waals surface area contributed by atoms with Crippen molar-refractivity contribution in [2.75, 3.05) is 25.0 Å². The van der Waals surface area contributed by atoms with Crippen molar-refractivity contribution in [1.29, 1.82) is 0 Å². The first-order chi connectivity index (χ1) is 10.1. The second kappa shape index (κ2) is 7.42. The van der Waals surface area contributed by atoms with Gasteiger partial charge in [-0.2, -0.15) is 5.10 Å². The predicted molar refractivity (Wildman–Crippen MR) is 84.4 cm³/mol. The standard InChI is InChI=1S/C14H19BrN4O2/c1-3-18(4-2)6-7-19-10-11(9-16-19)17-14(20)12-5-8-21-13(12)15/h5,8-10H,3-4,6-7H2,1-2H3,(H,17,20). The molecule has 0 aliphatic heterocycles. The summed E-state index contributed by atoms with van der Waals surface area (Å²) in [5.41, 5.74) is 1.14. The van der Waals surface area contributed by atoms with Gasteiger partial charge in [0.05, 0.1) is 30.3 Å². The summed E-state index contributed by atoms with van der Waals surface area (Å²) < 4.78 is 7.30. The molecule has 0 saturated heterocycles. The minimum Gasteiger partial charge on any atom is -0.457 e. The molecule has 1 N–H and O–H groups in total. The van der Waals surface area contributed by atoms with E-state index >= 15 is 0 Å². The normalized spacial score (nSPS) is 11.0. The Bertz CT molecular complexity index is 589. The molecule has 0 bridgehead atoms. The molecule has 0 saturated carbocycles. The Morgan fingerprint density at radius 2 is 2.24 bits per heavy atom. The Morgan fingerprint density at radius 3 is 2.86 bits per heavy atom. The summed E-state index contributed by atoms with van der Waals surface area (Å²) in [5, 5.41) is 7.05. The molecule has 0 atom stereocenters. The number of carbonyl (C=O) groups is 1. The molecular weight excluding hydrogens is 336 g/mol. The number of nitrogens with one attached hydrogen (secondary N) is 1. The third-order valence-electron chi connectivity index (χ3n) is 3.29. The molecule has 21 heavy (non-hydrogen) atoms. The lowest BCUT2D eigenvalue weighted by molar-refractivity contribution is 0.102. The summed E-state index contributed by atoms with van der Waals surface area (Å²) in [5.74, 6) is -0.223. The maximum Gasteiger partial charge on any atom is 0.260 e. The first-order valence-electron chi connectivity index (χ1n) is 6.93. The molecule has 2 aromatic rings. The van der Waals surface area contributed by atoms with Crippen LogP contribution in [0.4, 0.5) is 5.69 Å². The molecule has 0 aliphatic rings. The van der Waals surface area contributed by atoms with E-state index in [0.29, 0.717) is 15.9 Å². The SMILES string of the molecule is CCN(CC)CCn1cc(NC(=O)c2ccoc2Br)cn1. The number of hydrogen-bond acceptors (Lipinski definition) is 4. The first kappa shape index (κ1) is 15.8. The van der Waals surface area contributed by atoms with Gasteiger partial charge in [-0.3, -0.25) is 9.48 Å². The van der Waals surface area contributed by atoms with Gasteiger partial charge in [0.15, 0.2) is 4.67 Å². The van der Waals surface area contributed by atoms with Crippen molar-refractivity contribution in [2.24, 2.45) is 0 Å². The van der Waals surface area contributed by atoms with Crippen LogP contribution in [0.2, 0.25) is 0 Å². The first-order valence-corrected chi connectivity index (χ1v) is 7.72. The van der Waals surface area contributed by atoms with E-state index in [2.05, 4.69) is 45.1 Å². The molecule has 0 aromatic carbocycles. The zero-order valence-corrected chi connectivity index (χ0v) is 13.8. The third-order valence-corrected chi connectivity index (χ3v) is 3.91. The molecule has 0 unspecified atom stereocenters. The van der Waals surface area contributed by atoms with Crippen LogP contribution in [-0.4, -0.2) is 40.2 Å². The molecule has 2 rings (SSSR count). The molecule has 0 aliphatic carbocycles. The maximum absolute atomic E-state index is 12.0. The summed E-state index contributed by atoms with van der Waals surface area (Å²) in [7, 11) is 0. The molecule has 114 valence electrons. The van der Waals surface area contributed by atoms with Crippen molar-refractivity contribution in [3.05, 3.63) is 35.0 Å². The highest BCUT2D eigenvalue weighted by molar-refractivity contribution is 9.10. The monoisotopic (exact) mass is 354 g/mol. The van der Waals surface area contributed by atoms with E-state index in [0.717, 1.165) is 26.2 Å². The largest absolute Gasteiger partial charge is 0.457 e. The molecule has 0 spiro atoms. The number of nitrogens with zero attached hydrogens (tertiary/aromatic N) is 3. The van der Waals surface area contributed by atoms with Crippen molar-refractivity contribution in [3.63, 3.8) is 0 Å². The second-order valence-corrected chi connectivity index (χ2v) is 5.30.